The molecular weight excluding hydrogens is 434 g/mol. The summed E-state index contributed by atoms with van der Waals surface area (Å²) in [7, 11) is 0. The Morgan fingerprint density at radius 3 is 2.00 bits per heavy atom. The van der Waals surface area contributed by atoms with E-state index in [1.54, 1.807) is 6.92 Å². The van der Waals surface area contributed by atoms with Crippen LogP contribution in [-0.2, 0) is 25.6 Å². The lowest BCUT2D eigenvalue weighted by Crippen LogP contribution is -2.56. The normalized spacial score (nSPS) is 14.3. The third-order valence-electron chi connectivity index (χ3n) is 5.88. The van der Waals surface area contributed by atoms with Crippen molar-refractivity contribution in [2.75, 3.05) is 0 Å². The van der Waals surface area contributed by atoms with Crippen LogP contribution in [0.25, 0.3) is 11.1 Å². The molecule has 0 bridgehead atoms. The largest absolute Gasteiger partial charge is 0.481 e. The molecule has 4 atom stereocenters. The molecule has 0 heterocycles. The van der Waals surface area contributed by atoms with Crippen molar-refractivity contribution < 1.29 is 24.3 Å². The van der Waals surface area contributed by atoms with Gasteiger partial charge in [-0.25, -0.2) is 0 Å². The molecule has 0 radical (unpaired) electrons. The molecule has 2 aromatic carbocycles. The van der Waals surface area contributed by atoms with Crippen LogP contribution >= 0.6 is 0 Å². The van der Waals surface area contributed by atoms with E-state index < -0.39 is 41.7 Å². The summed E-state index contributed by atoms with van der Waals surface area (Å²) in [5.41, 5.74) is 8.34. The number of carbonyl (C=O) groups is 4. The summed E-state index contributed by atoms with van der Waals surface area (Å²) in [6.07, 6.45) is 0.433. The minimum Gasteiger partial charge on any atom is -0.481 e. The first kappa shape index (κ1) is 26.6. The van der Waals surface area contributed by atoms with Crippen LogP contribution in [-0.4, -0.2) is 40.9 Å². The number of nitrogens with two attached hydrogens (primary N) is 1. The molecule has 8 heteroatoms. The fourth-order valence-electron chi connectivity index (χ4n) is 3.56. The monoisotopic (exact) mass is 467 g/mol. The van der Waals surface area contributed by atoms with Crippen molar-refractivity contribution >= 4 is 23.7 Å². The standard InChI is InChI=1S/C26H33N3O5/c1-4-16(2)23(24(27)32)29-26(34)21(28-25(33)17(3)14-22(30)31)15-18-10-12-20(13-11-18)19-8-6-5-7-9-19/h5-13,16-17,21,23H,4,14-15H2,1-3H3,(H2,27,32)(H,28,33)(H,29,34)(H,30,31)/t16-,17+,21-,23?/m0/s1. The lowest BCUT2D eigenvalue weighted by atomic mass is 9.96. The second kappa shape index (κ2) is 12.5. The lowest BCUT2D eigenvalue weighted by Gasteiger charge is -2.26. The lowest BCUT2D eigenvalue weighted by molar-refractivity contribution is -0.141. The number of carboxylic acids is 1. The van der Waals surface area contributed by atoms with Crippen LogP contribution in [0.5, 0.6) is 0 Å². The van der Waals surface area contributed by atoms with Crippen LogP contribution in [0.4, 0.5) is 0 Å². The van der Waals surface area contributed by atoms with Gasteiger partial charge in [-0.15, -0.1) is 0 Å². The zero-order valence-electron chi connectivity index (χ0n) is 19.8. The average molecular weight is 468 g/mol. The predicted octanol–water partition coefficient (Wildman–Crippen LogP) is 2.51. The minimum atomic E-state index is -1.11. The summed E-state index contributed by atoms with van der Waals surface area (Å²) in [5.74, 6) is -3.87. The van der Waals surface area contributed by atoms with Gasteiger partial charge < -0.3 is 21.5 Å². The van der Waals surface area contributed by atoms with Crippen molar-refractivity contribution in [2.24, 2.45) is 17.6 Å². The van der Waals surface area contributed by atoms with Gasteiger partial charge in [0.25, 0.3) is 0 Å². The van der Waals surface area contributed by atoms with Crippen LogP contribution in [0.15, 0.2) is 54.6 Å². The molecule has 182 valence electrons. The van der Waals surface area contributed by atoms with E-state index in [2.05, 4.69) is 10.6 Å². The molecule has 5 N–H and O–H groups in total. The maximum absolute atomic E-state index is 13.1. The van der Waals surface area contributed by atoms with E-state index in [1.165, 1.54) is 6.92 Å². The van der Waals surface area contributed by atoms with E-state index in [0.717, 1.165) is 16.7 Å². The molecule has 0 spiro atoms. The quantitative estimate of drug-likeness (QED) is 0.380. The fraction of sp³-hybridized carbons (Fsp3) is 0.385. The van der Waals surface area contributed by atoms with Gasteiger partial charge >= 0.3 is 5.97 Å². The number of carboxylic acid groups (broad SMARTS) is 1. The Bertz CT molecular complexity index is 991. The zero-order valence-corrected chi connectivity index (χ0v) is 19.8. The number of benzene rings is 2. The van der Waals surface area contributed by atoms with Gasteiger partial charge in [0, 0.05) is 12.3 Å². The minimum absolute atomic E-state index is 0.165. The van der Waals surface area contributed by atoms with Gasteiger partial charge in [-0.3, -0.25) is 19.2 Å². The maximum Gasteiger partial charge on any atom is 0.304 e. The van der Waals surface area contributed by atoms with Gasteiger partial charge in [0.2, 0.25) is 17.7 Å². The van der Waals surface area contributed by atoms with Crippen molar-refractivity contribution in [3.8, 4) is 11.1 Å². The van der Waals surface area contributed by atoms with Crippen LogP contribution in [0.2, 0.25) is 0 Å². The third kappa shape index (κ3) is 7.72. The van der Waals surface area contributed by atoms with E-state index in [0.29, 0.717) is 6.42 Å². The van der Waals surface area contributed by atoms with Crippen molar-refractivity contribution in [3.63, 3.8) is 0 Å². The highest BCUT2D eigenvalue weighted by molar-refractivity contribution is 5.93. The Morgan fingerprint density at radius 2 is 1.47 bits per heavy atom. The summed E-state index contributed by atoms with van der Waals surface area (Å²) >= 11 is 0. The van der Waals surface area contributed by atoms with Crippen LogP contribution in [0, 0.1) is 11.8 Å². The summed E-state index contributed by atoms with van der Waals surface area (Å²) in [4.78, 5) is 48.6. The molecule has 0 aliphatic heterocycles. The molecule has 3 amide bonds. The molecule has 1 unspecified atom stereocenters. The molecule has 0 fully saturated rings. The summed E-state index contributed by atoms with van der Waals surface area (Å²) in [5, 5.41) is 14.3. The molecule has 0 aliphatic rings. The van der Waals surface area contributed by atoms with Gasteiger partial charge in [-0.1, -0.05) is 81.8 Å². The Hall–Kier alpha value is -3.68. The zero-order chi connectivity index (χ0) is 25.3. The van der Waals surface area contributed by atoms with Gasteiger partial charge in [-0.05, 0) is 22.6 Å². The molecule has 2 rings (SSSR count). The van der Waals surface area contributed by atoms with Gasteiger partial charge in [0.1, 0.15) is 12.1 Å². The highest BCUT2D eigenvalue weighted by Gasteiger charge is 2.30. The SMILES string of the molecule is CC[C@H](C)C(NC(=O)[C@H](Cc1ccc(-c2ccccc2)cc1)NC(=O)[C@H](C)CC(=O)O)C(N)=O. The fourth-order valence-corrected chi connectivity index (χ4v) is 3.56. The predicted molar refractivity (Wildman–Crippen MR) is 130 cm³/mol. The molecular formula is C26H33N3O5. The van der Waals surface area contributed by atoms with Gasteiger partial charge in [-0.2, -0.15) is 0 Å². The summed E-state index contributed by atoms with van der Waals surface area (Å²) in [6, 6.07) is 15.5. The van der Waals surface area contributed by atoms with Crippen LogP contribution in [0.1, 0.15) is 39.2 Å². The average Bonchev–Trinajstić information content (AvgIpc) is 2.81. The van der Waals surface area contributed by atoms with Crippen molar-refractivity contribution in [1.29, 1.82) is 0 Å². The highest BCUT2D eigenvalue weighted by Crippen LogP contribution is 2.20. The van der Waals surface area contributed by atoms with Gasteiger partial charge in [0.05, 0.1) is 6.42 Å². The van der Waals surface area contributed by atoms with Crippen molar-refractivity contribution in [3.05, 3.63) is 60.2 Å². The van der Waals surface area contributed by atoms with Crippen molar-refractivity contribution in [1.82, 2.24) is 10.6 Å². The summed E-state index contributed by atoms with van der Waals surface area (Å²) < 4.78 is 0. The summed E-state index contributed by atoms with van der Waals surface area (Å²) in [6.45, 7) is 5.17. The van der Waals surface area contributed by atoms with E-state index in [4.69, 9.17) is 10.8 Å². The number of aliphatic carboxylic acids is 1. The first-order valence-electron chi connectivity index (χ1n) is 11.4. The highest BCUT2D eigenvalue weighted by atomic mass is 16.4. The number of primary amides is 1. The molecule has 8 nitrogen and oxygen atoms in total. The van der Waals surface area contributed by atoms with Crippen molar-refractivity contribution in [2.45, 2.75) is 52.1 Å². The van der Waals surface area contributed by atoms with Gasteiger partial charge in [0.15, 0.2) is 0 Å². The second-order valence-electron chi connectivity index (χ2n) is 8.60. The Balaban J connectivity index is 2.23. The number of hydrogen-bond acceptors (Lipinski definition) is 4. The van der Waals surface area contributed by atoms with E-state index in [9.17, 15) is 19.2 Å². The Labute approximate surface area is 199 Å². The molecule has 0 saturated carbocycles. The smallest absolute Gasteiger partial charge is 0.304 e. The maximum atomic E-state index is 13.1. The van der Waals surface area contributed by atoms with Crippen LogP contribution < -0.4 is 16.4 Å². The number of rotatable bonds is 12. The molecule has 0 aliphatic carbocycles. The van der Waals surface area contributed by atoms with E-state index in [-0.39, 0.29) is 18.8 Å². The molecule has 0 saturated heterocycles. The molecule has 0 aromatic heterocycles. The molecule has 34 heavy (non-hydrogen) atoms. The van der Waals surface area contributed by atoms with Crippen LogP contribution in [0.3, 0.4) is 0 Å². The van der Waals surface area contributed by atoms with E-state index >= 15 is 0 Å². The Kier molecular flexibility index (Phi) is 9.79. The number of carbonyl (C=O) groups excluding carboxylic acids is 3. The second-order valence-corrected chi connectivity index (χ2v) is 8.60. The number of amides is 3. The first-order valence-corrected chi connectivity index (χ1v) is 11.4. The number of nitrogens with one attached hydrogen (secondary N) is 2. The van der Waals surface area contributed by atoms with E-state index in [1.807, 2.05) is 61.5 Å². The third-order valence-corrected chi connectivity index (χ3v) is 5.88. The first-order chi connectivity index (χ1) is 16.1. The molecule has 2 aromatic rings. The number of hydrogen-bond donors (Lipinski definition) is 4. The Morgan fingerprint density at radius 1 is 0.882 bits per heavy atom. The topological polar surface area (TPSA) is 139 Å².